The van der Waals surface area contributed by atoms with Gasteiger partial charge in [0, 0.05) is 13.0 Å². The Morgan fingerprint density at radius 1 is 1.17 bits per heavy atom. The molecule has 18 heavy (non-hydrogen) atoms. The van der Waals surface area contributed by atoms with Crippen molar-refractivity contribution >= 4 is 5.78 Å². The number of hydrogen-bond donors (Lipinski definition) is 0. The van der Waals surface area contributed by atoms with Crippen LogP contribution < -0.4 is 0 Å². The Morgan fingerprint density at radius 3 is 2.56 bits per heavy atom. The lowest BCUT2D eigenvalue weighted by Crippen LogP contribution is -2.13. The van der Waals surface area contributed by atoms with E-state index in [1.165, 1.54) is 44.9 Å². The molecule has 0 spiro atoms. The van der Waals surface area contributed by atoms with Crippen LogP contribution in [0.15, 0.2) is 0 Å². The summed E-state index contributed by atoms with van der Waals surface area (Å²) < 4.78 is 5.53. The number of hydrogen-bond acceptors (Lipinski definition) is 2. The predicted octanol–water partition coefficient (Wildman–Crippen LogP) is 4.37. The molecule has 0 radical (unpaired) electrons. The minimum Gasteiger partial charge on any atom is -0.373 e. The lowest BCUT2D eigenvalue weighted by atomic mass is 10.0. The van der Waals surface area contributed by atoms with Crippen LogP contribution in [0.2, 0.25) is 0 Å². The Hall–Kier alpha value is -0.370. The minimum absolute atomic E-state index is 0.289. The number of rotatable bonds is 10. The molecule has 0 unspecified atom stereocenters. The summed E-state index contributed by atoms with van der Waals surface area (Å²) >= 11 is 0. The van der Waals surface area contributed by atoms with E-state index in [1.54, 1.807) is 0 Å². The molecule has 106 valence electrons. The fourth-order valence-electron chi connectivity index (χ4n) is 2.64. The van der Waals surface area contributed by atoms with Gasteiger partial charge in [0.2, 0.25) is 0 Å². The molecule has 1 saturated carbocycles. The van der Waals surface area contributed by atoms with Crippen LogP contribution >= 0.6 is 0 Å². The summed E-state index contributed by atoms with van der Waals surface area (Å²) in [5.41, 5.74) is 0. The normalized spacial score (nSPS) is 16.6. The Morgan fingerprint density at radius 2 is 1.89 bits per heavy atom. The summed E-state index contributed by atoms with van der Waals surface area (Å²) in [4.78, 5) is 11.6. The van der Waals surface area contributed by atoms with Gasteiger partial charge >= 0.3 is 0 Å². The van der Waals surface area contributed by atoms with E-state index in [4.69, 9.17) is 4.74 Å². The van der Waals surface area contributed by atoms with Crippen LogP contribution in [0.25, 0.3) is 0 Å². The van der Waals surface area contributed by atoms with Gasteiger partial charge in [0.25, 0.3) is 0 Å². The van der Waals surface area contributed by atoms with E-state index >= 15 is 0 Å². The Labute approximate surface area is 112 Å². The van der Waals surface area contributed by atoms with Crippen molar-refractivity contribution in [3.8, 4) is 0 Å². The number of carbonyl (C=O) groups is 1. The van der Waals surface area contributed by atoms with Crippen LogP contribution in [0.5, 0.6) is 0 Å². The zero-order valence-corrected chi connectivity index (χ0v) is 12.2. The first-order chi connectivity index (χ1) is 8.68. The second-order valence-corrected chi connectivity index (χ2v) is 6.20. The van der Waals surface area contributed by atoms with Gasteiger partial charge in [-0.2, -0.15) is 0 Å². The van der Waals surface area contributed by atoms with E-state index in [2.05, 4.69) is 13.8 Å². The zero-order valence-electron chi connectivity index (χ0n) is 12.2. The summed E-state index contributed by atoms with van der Waals surface area (Å²) in [7, 11) is 0. The number of carbonyl (C=O) groups excluding carboxylic acids is 1. The first kappa shape index (κ1) is 15.7. The smallest absolute Gasteiger partial charge is 0.158 e. The maximum atomic E-state index is 11.6. The third-order valence-electron chi connectivity index (χ3n) is 3.83. The van der Waals surface area contributed by atoms with E-state index in [0.717, 1.165) is 24.9 Å². The van der Waals surface area contributed by atoms with Gasteiger partial charge in [-0.25, -0.2) is 0 Å². The van der Waals surface area contributed by atoms with Crippen LogP contribution in [0.1, 0.15) is 71.6 Å². The van der Waals surface area contributed by atoms with E-state index in [0.29, 0.717) is 13.0 Å². The molecule has 2 heteroatoms. The van der Waals surface area contributed by atoms with Crippen molar-refractivity contribution in [3.63, 3.8) is 0 Å². The maximum Gasteiger partial charge on any atom is 0.158 e. The van der Waals surface area contributed by atoms with E-state index in [-0.39, 0.29) is 5.78 Å². The summed E-state index contributed by atoms with van der Waals surface area (Å²) in [5.74, 6) is 1.80. The van der Waals surface area contributed by atoms with Crippen LogP contribution in [0.3, 0.4) is 0 Å². The van der Waals surface area contributed by atoms with Crippen molar-refractivity contribution < 1.29 is 9.53 Å². The molecule has 0 bridgehead atoms. The number of ketones is 1. The zero-order chi connectivity index (χ0) is 13.2. The van der Waals surface area contributed by atoms with E-state index in [9.17, 15) is 4.79 Å². The molecule has 0 heterocycles. The minimum atomic E-state index is 0.289. The molecule has 1 aliphatic carbocycles. The molecule has 0 atom stereocenters. The van der Waals surface area contributed by atoms with Crippen molar-refractivity contribution in [2.24, 2.45) is 11.8 Å². The molecule has 0 amide bonds. The van der Waals surface area contributed by atoms with Crippen molar-refractivity contribution in [3.05, 3.63) is 0 Å². The molecule has 0 aromatic carbocycles. The predicted molar refractivity (Wildman–Crippen MR) is 75.7 cm³/mol. The third-order valence-corrected chi connectivity index (χ3v) is 3.83. The molecule has 0 N–H and O–H groups in total. The van der Waals surface area contributed by atoms with Gasteiger partial charge in [-0.15, -0.1) is 0 Å². The monoisotopic (exact) mass is 254 g/mol. The van der Waals surface area contributed by atoms with Gasteiger partial charge in [-0.3, -0.25) is 4.79 Å². The van der Waals surface area contributed by atoms with Gasteiger partial charge in [-0.1, -0.05) is 46.0 Å². The van der Waals surface area contributed by atoms with Crippen molar-refractivity contribution in [1.82, 2.24) is 0 Å². The van der Waals surface area contributed by atoms with Crippen molar-refractivity contribution in [2.45, 2.75) is 71.6 Å². The largest absolute Gasteiger partial charge is 0.373 e. The first-order valence-corrected chi connectivity index (χ1v) is 7.78. The Bertz CT molecular complexity index is 217. The van der Waals surface area contributed by atoms with Crippen LogP contribution in [0.4, 0.5) is 0 Å². The highest BCUT2D eigenvalue weighted by atomic mass is 16.5. The summed E-state index contributed by atoms with van der Waals surface area (Å²) in [6.45, 7) is 5.66. The third kappa shape index (κ3) is 7.86. The molecule has 1 aliphatic rings. The summed E-state index contributed by atoms with van der Waals surface area (Å²) in [6.07, 6.45) is 10.8. The van der Waals surface area contributed by atoms with Gasteiger partial charge in [0.05, 0.1) is 0 Å². The molecule has 0 aromatic rings. The quantitative estimate of drug-likeness (QED) is 0.541. The molecular formula is C16H30O2. The molecule has 1 rings (SSSR count). The van der Waals surface area contributed by atoms with Gasteiger partial charge in [0.1, 0.15) is 6.61 Å². The number of Topliss-reactive ketones (excluding diaryl/α,β-unsaturated/α-hetero) is 1. The highest BCUT2D eigenvalue weighted by Gasteiger charge is 2.15. The SMILES string of the molecule is CC(C)CCCCCC(=O)COCC1CCCC1. The lowest BCUT2D eigenvalue weighted by Gasteiger charge is -2.09. The highest BCUT2D eigenvalue weighted by molar-refractivity contribution is 5.79. The molecule has 1 fully saturated rings. The Balaban J connectivity index is 1.87. The maximum absolute atomic E-state index is 11.6. The molecule has 2 nitrogen and oxygen atoms in total. The van der Waals surface area contributed by atoms with Crippen LogP contribution in [-0.4, -0.2) is 19.0 Å². The lowest BCUT2D eigenvalue weighted by molar-refractivity contribution is -0.124. The first-order valence-electron chi connectivity index (χ1n) is 7.78. The van der Waals surface area contributed by atoms with E-state index in [1.807, 2.05) is 0 Å². The number of ether oxygens (including phenoxy) is 1. The standard InChI is InChI=1S/C16H30O2/c1-14(2)8-4-3-5-11-16(17)13-18-12-15-9-6-7-10-15/h14-15H,3-13H2,1-2H3. The molecular weight excluding hydrogens is 224 g/mol. The topological polar surface area (TPSA) is 26.3 Å². The average molecular weight is 254 g/mol. The van der Waals surface area contributed by atoms with Gasteiger partial charge in [0.15, 0.2) is 5.78 Å². The van der Waals surface area contributed by atoms with Crippen LogP contribution in [0, 0.1) is 11.8 Å². The molecule has 0 aliphatic heterocycles. The van der Waals surface area contributed by atoms with Crippen LogP contribution in [-0.2, 0) is 9.53 Å². The van der Waals surface area contributed by atoms with E-state index < -0.39 is 0 Å². The van der Waals surface area contributed by atoms with Gasteiger partial charge in [-0.05, 0) is 31.1 Å². The average Bonchev–Trinajstić information content (AvgIpc) is 2.81. The second-order valence-electron chi connectivity index (χ2n) is 6.20. The summed E-state index contributed by atoms with van der Waals surface area (Å²) in [6, 6.07) is 0. The van der Waals surface area contributed by atoms with Gasteiger partial charge < -0.3 is 4.74 Å². The van der Waals surface area contributed by atoms with Crippen molar-refractivity contribution in [2.75, 3.05) is 13.2 Å². The fourth-order valence-corrected chi connectivity index (χ4v) is 2.64. The fraction of sp³-hybridized carbons (Fsp3) is 0.938. The molecule has 0 aromatic heterocycles. The second kappa shape index (κ2) is 9.55. The Kier molecular flexibility index (Phi) is 8.32. The number of unbranched alkanes of at least 4 members (excludes halogenated alkanes) is 2. The van der Waals surface area contributed by atoms with Crippen molar-refractivity contribution in [1.29, 1.82) is 0 Å². The molecule has 0 saturated heterocycles. The highest BCUT2D eigenvalue weighted by Crippen LogP contribution is 2.24. The summed E-state index contributed by atoms with van der Waals surface area (Å²) in [5, 5.41) is 0.